The standard InChI is InChI=1S/C20H23N3O3/c24-17(15-7-6-10-21-15)13-23-14-19(20(25)22-11-4-1-5-12-22)26-18-9-3-2-8-16(18)23/h2-3,6-10,19,21H,1,4-5,11-14H2/t19-/m1/s1. The second-order valence-corrected chi connectivity index (χ2v) is 6.85. The van der Waals surface area contributed by atoms with Gasteiger partial charge in [0.25, 0.3) is 5.91 Å². The predicted octanol–water partition coefficient (Wildman–Crippen LogP) is 2.48. The van der Waals surface area contributed by atoms with Gasteiger partial charge in [-0.2, -0.15) is 0 Å². The van der Waals surface area contributed by atoms with Crippen LogP contribution in [-0.4, -0.2) is 53.9 Å². The van der Waals surface area contributed by atoms with Crippen molar-refractivity contribution in [2.75, 3.05) is 31.1 Å². The Kier molecular flexibility index (Phi) is 4.65. The lowest BCUT2D eigenvalue weighted by Crippen LogP contribution is -2.52. The summed E-state index contributed by atoms with van der Waals surface area (Å²) < 4.78 is 6.00. The maximum atomic E-state index is 12.9. The Morgan fingerprint density at radius 2 is 1.88 bits per heavy atom. The average Bonchev–Trinajstić information content (AvgIpc) is 3.23. The van der Waals surface area contributed by atoms with Crippen molar-refractivity contribution in [3.8, 4) is 5.75 Å². The number of hydrogen-bond acceptors (Lipinski definition) is 4. The molecule has 1 atom stereocenters. The fraction of sp³-hybridized carbons (Fsp3) is 0.400. The van der Waals surface area contributed by atoms with Gasteiger partial charge >= 0.3 is 0 Å². The van der Waals surface area contributed by atoms with Gasteiger partial charge in [-0.15, -0.1) is 0 Å². The number of nitrogens with zero attached hydrogens (tertiary/aromatic N) is 2. The van der Waals surface area contributed by atoms with Crippen molar-refractivity contribution in [3.05, 3.63) is 48.3 Å². The number of piperidine rings is 1. The molecule has 1 aromatic heterocycles. The summed E-state index contributed by atoms with van der Waals surface area (Å²) in [6.45, 7) is 2.19. The molecule has 2 aliphatic rings. The monoisotopic (exact) mass is 353 g/mol. The number of anilines is 1. The van der Waals surface area contributed by atoms with Crippen LogP contribution in [0.15, 0.2) is 42.6 Å². The number of amides is 1. The third-order valence-corrected chi connectivity index (χ3v) is 5.04. The number of likely N-dealkylation sites (tertiary alicyclic amines) is 1. The zero-order valence-corrected chi connectivity index (χ0v) is 14.7. The Morgan fingerprint density at radius 3 is 2.65 bits per heavy atom. The van der Waals surface area contributed by atoms with E-state index >= 15 is 0 Å². The van der Waals surface area contributed by atoms with Crippen LogP contribution < -0.4 is 9.64 Å². The topological polar surface area (TPSA) is 65.6 Å². The molecule has 0 saturated carbocycles. The van der Waals surface area contributed by atoms with Gasteiger partial charge in [-0.3, -0.25) is 9.59 Å². The zero-order valence-electron chi connectivity index (χ0n) is 14.7. The Labute approximate surface area is 152 Å². The number of ketones is 1. The van der Waals surface area contributed by atoms with Crippen molar-refractivity contribution in [2.24, 2.45) is 0 Å². The number of rotatable bonds is 4. The van der Waals surface area contributed by atoms with E-state index in [0.717, 1.165) is 31.6 Å². The average molecular weight is 353 g/mol. The van der Waals surface area contributed by atoms with Crippen LogP contribution in [0.3, 0.4) is 0 Å². The molecule has 6 nitrogen and oxygen atoms in total. The molecule has 1 N–H and O–H groups in total. The highest BCUT2D eigenvalue weighted by atomic mass is 16.5. The van der Waals surface area contributed by atoms with E-state index in [9.17, 15) is 9.59 Å². The van der Waals surface area contributed by atoms with Crippen LogP contribution in [0.25, 0.3) is 0 Å². The fourth-order valence-electron chi connectivity index (χ4n) is 3.67. The summed E-state index contributed by atoms with van der Waals surface area (Å²) in [5.74, 6) is 0.681. The number of H-pyrrole nitrogens is 1. The highest BCUT2D eigenvalue weighted by Gasteiger charge is 2.34. The van der Waals surface area contributed by atoms with Gasteiger partial charge < -0.3 is 19.5 Å². The van der Waals surface area contributed by atoms with E-state index in [2.05, 4.69) is 4.98 Å². The van der Waals surface area contributed by atoms with Gasteiger partial charge in [-0.1, -0.05) is 12.1 Å². The number of para-hydroxylation sites is 2. The molecule has 0 radical (unpaired) electrons. The lowest BCUT2D eigenvalue weighted by molar-refractivity contribution is -0.139. The number of benzene rings is 1. The number of ether oxygens (including phenoxy) is 1. The Morgan fingerprint density at radius 1 is 1.08 bits per heavy atom. The van der Waals surface area contributed by atoms with E-state index < -0.39 is 6.10 Å². The molecule has 26 heavy (non-hydrogen) atoms. The van der Waals surface area contributed by atoms with Crippen LogP contribution in [0.5, 0.6) is 5.75 Å². The molecular weight excluding hydrogens is 330 g/mol. The summed E-state index contributed by atoms with van der Waals surface area (Å²) in [5, 5.41) is 0. The van der Waals surface area contributed by atoms with Crippen molar-refractivity contribution in [3.63, 3.8) is 0 Å². The highest BCUT2D eigenvalue weighted by Crippen LogP contribution is 2.33. The first kappa shape index (κ1) is 16.7. The zero-order chi connectivity index (χ0) is 17.9. The third-order valence-electron chi connectivity index (χ3n) is 5.04. The normalized spacial score (nSPS) is 19.6. The SMILES string of the molecule is O=C(CN1C[C@H](C(=O)N2CCCCC2)Oc2ccccc21)c1ccc[nH]1. The maximum absolute atomic E-state index is 12.9. The van der Waals surface area contributed by atoms with Crippen LogP contribution in [0.4, 0.5) is 5.69 Å². The maximum Gasteiger partial charge on any atom is 0.265 e. The van der Waals surface area contributed by atoms with Crippen molar-refractivity contribution < 1.29 is 14.3 Å². The van der Waals surface area contributed by atoms with Crippen molar-refractivity contribution >= 4 is 17.4 Å². The summed E-state index contributed by atoms with van der Waals surface area (Å²) in [6, 6.07) is 11.2. The molecule has 3 heterocycles. The number of carbonyl (C=O) groups excluding carboxylic acids is 2. The van der Waals surface area contributed by atoms with Crippen LogP contribution >= 0.6 is 0 Å². The molecule has 136 valence electrons. The molecule has 2 aromatic rings. The molecule has 1 aromatic carbocycles. The second-order valence-electron chi connectivity index (χ2n) is 6.85. The Hall–Kier alpha value is -2.76. The van der Waals surface area contributed by atoms with Crippen LogP contribution in [0.1, 0.15) is 29.8 Å². The van der Waals surface area contributed by atoms with Crippen LogP contribution in [0.2, 0.25) is 0 Å². The van der Waals surface area contributed by atoms with E-state index in [-0.39, 0.29) is 18.2 Å². The molecule has 1 saturated heterocycles. The summed E-state index contributed by atoms with van der Waals surface area (Å²) in [7, 11) is 0. The van der Waals surface area contributed by atoms with Gasteiger partial charge in [-0.25, -0.2) is 0 Å². The molecule has 2 aliphatic heterocycles. The van der Waals surface area contributed by atoms with Crippen molar-refractivity contribution in [1.82, 2.24) is 9.88 Å². The summed E-state index contributed by atoms with van der Waals surface area (Å²) in [4.78, 5) is 32.3. The lowest BCUT2D eigenvalue weighted by atomic mass is 10.1. The smallest absolute Gasteiger partial charge is 0.265 e. The largest absolute Gasteiger partial charge is 0.477 e. The molecule has 0 unspecified atom stereocenters. The van der Waals surface area contributed by atoms with Gasteiger partial charge in [0.05, 0.1) is 24.5 Å². The van der Waals surface area contributed by atoms with E-state index in [4.69, 9.17) is 4.74 Å². The molecular formula is C20H23N3O3. The summed E-state index contributed by atoms with van der Waals surface area (Å²) >= 11 is 0. The van der Waals surface area contributed by atoms with Gasteiger partial charge in [-0.05, 0) is 43.5 Å². The summed E-state index contributed by atoms with van der Waals surface area (Å²) in [6.07, 6.45) is 4.44. The van der Waals surface area contributed by atoms with Crippen LogP contribution in [0, 0.1) is 0 Å². The minimum atomic E-state index is -0.570. The molecule has 0 bridgehead atoms. The fourth-order valence-corrected chi connectivity index (χ4v) is 3.67. The van der Waals surface area contributed by atoms with E-state index in [1.54, 1.807) is 12.3 Å². The first-order valence-electron chi connectivity index (χ1n) is 9.18. The molecule has 1 amide bonds. The minimum Gasteiger partial charge on any atom is -0.477 e. The number of fused-ring (bicyclic) bond motifs is 1. The molecule has 0 aliphatic carbocycles. The lowest BCUT2D eigenvalue weighted by Gasteiger charge is -2.38. The van der Waals surface area contributed by atoms with Gasteiger partial charge in [0.15, 0.2) is 11.9 Å². The number of hydrogen-bond donors (Lipinski definition) is 1. The number of carbonyl (C=O) groups is 2. The van der Waals surface area contributed by atoms with E-state index in [0.29, 0.717) is 18.0 Å². The first-order chi connectivity index (χ1) is 12.7. The van der Waals surface area contributed by atoms with E-state index in [1.807, 2.05) is 40.1 Å². The molecule has 1 fully saturated rings. The Bertz CT molecular complexity index is 781. The highest BCUT2D eigenvalue weighted by molar-refractivity contribution is 5.98. The number of aromatic amines is 1. The van der Waals surface area contributed by atoms with Gasteiger partial charge in [0, 0.05) is 19.3 Å². The molecule has 0 spiro atoms. The second kappa shape index (κ2) is 7.23. The first-order valence-corrected chi connectivity index (χ1v) is 9.18. The van der Waals surface area contributed by atoms with Crippen LogP contribution in [-0.2, 0) is 4.79 Å². The quantitative estimate of drug-likeness (QED) is 0.858. The minimum absolute atomic E-state index is 0.00382. The number of Topliss-reactive ketones (excluding diaryl/α,β-unsaturated/α-hetero) is 1. The van der Waals surface area contributed by atoms with Gasteiger partial charge in [0.1, 0.15) is 5.75 Å². The van der Waals surface area contributed by atoms with E-state index in [1.165, 1.54) is 6.42 Å². The molecule has 6 heteroatoms. The third kappa shape index (κ3) is 3.31. The van der Waals surface area contributed by atoms with Gasteiger partial charge in [0.2, 0.25) is 0 Å². The number of aromatic nitrogens is 1. The molecule has 4 rings (SSSR count). The van der Waals surface area contributed by atoms with Crippen molar-refractivity contribution in [1.29, 1.82) is 0 Å². The Balaban J connectivity index is 1.54. The number of nitrogens with one attached hydrogen (secondary N) is 1. The van der Waals surface area contributed by atoms with Crippen molar-refractivity contribution in [2.45, 2.75) is 25.4 Å². The predicted molar refractivity (Wildman–Crippen MR) is 98.6 cm³/mol. The summed E-state index contributed by atoms with van der Waals surface area (Å²) in [5.41, 5.74) is 1.43.